The first-order chi connectivity index (χ1) is 10.9. The smallest absolute Gasteiger partial charge is 0.407 e. The van der Waals surface area contributed by atoms with Crippen molar-refractivity contribution in [3.05, 3.63) is 29.8 Å². The first-order valence-corrected chi connectivity index (χ1v) is 7.88. The average molecular weight is 321 g/mol. The lowest BCUT2D eigenvalue weighted by atomic mass is 10.2. The predicted octanol–water partition coefficient (Wildman–Crippen LogP) is 4.02. The van der Waals surface area contributed by atoms with Crippen LogP contribution in [0.2, 0.25) is 0 Å². The zero-order chi connectivity index (χ0) is 17.3. The minimum absolute atomic E-state index is 0.395. The van der Waals surface area contributed by atoms with E-state index in [9.17, 15) is 4.79 Å². The Hall–Kier alpha value is -2.17. The second kappa shape index (κ2) is 9.08. The fourth-order valence-corrected chi connectivity index (χ4v) is 1.82. The highest BCUT2D eigenvalue weighted by atomic mass is 16.6. The number of ether oxygens (including phenoxy) is 3. The molecule has 0 atom stereocenters. The Labute approximate surface area is 138 Å². The van der Waals surface area contributed by atoms with Crippen LogP contribution in [-0.4, -0.2) is 31.5 Å². The van der Waals surface area contributed by atoms with Gasteiger partial charge in [-0.2, -0.15) is 0 Å². The van der Waals surface area contributed by atoms with E-state index in [1.165, 1.54) is 0 Å². The van der Waals surface area contributed by atoms with Gasteiger partial charge in [0.05, 0.1) is 13.2 Å². The van der Waals surface area contributed by atoms with Crippen LogP contribution in [0.15, 0.2) is 24.3 Å². The number of hydrogen-bond acceptors (Lipinski definition) is 4. The SMILES string of the molecule is CCOc1ccc(C=CCNC(=O)OC(C)(C)C)cc1OCC. The summed E-state index contributed by atoms with van der Waals surface area (Å²) in [5.41, 5.74) is 0.484. The summed E-state index contributed by atoms with van der Waals surface area (Å²) in [6.45, 7) is 10.9. The van der Waals surface area contributed by atoms with E-state index in [1.54, 1.807) is 0 Å². The van der Waals surface area contributed by atoms with Crippen molar-refractivity contribution < 1.29 is 19.0 Å². The molecule has 0 heterocycles. The molecule has 0 radical (unpaired) electrons. The highest BCUT2D eigenvalue weighted by Gasteiger charge is 2.14. The lowest BCUT2D eigenvalue weighted by molar-refractivity contribution is 0.0534. The van der Waals surface area contributed by atoms with Gasteiger partial charge in [-0.1, -0.05) is 18.2 Å². The predicted molar refractivity (Wildman–Crippen MR) is 92.1 cm³/mol. The van der Waals surface area contributed by atoms with Crippen LogP contribution in [0.5, 0.6) is 11.5 Å². The fourth-order valence-electron chi connectivity index (χ4n) is 1.82. The first kappa shape index (κ1) is 18.9. The molecule has 1 amide bonds. The summed E-state index contributed by atoms with van der Waals surface area (Å²) in [7, 11) is 0. The van der Waals surface area contributed by atoms with Gasteiger partial charge in [-0.3, -0.25) is 0 Å². The Morgan fingerprint density at radius 3 is 2.39 bits per heavy atom. The van der Waals surface area contributed by atoms with Crippen molar-refractivity contribution in [1.29, 1.82) is 0 Å². The van der Waals surface area contributed by atoms with Crippen LogP contribution in [0.25, 0.3) is 6.08 Å². The van der Waals surface area contributed by atoms with Crippen LogP contribution in [0, 0.1) is 0 Å². The van der Waals surface area contributed by atoms with Gasteiger partial charge in [0, 0.05) is 6.54 Å². The third-order valence-corrected chi connectivity index (χ3v) is 2.64. The molecule has 0 fully saturated rings. The Morgan fingerprint density at radius 2 is 1.78 bits per heavy atom. The molecule has 1 aromatic carbocycles. The quantitative estimate of drug-likeness (QED) is 0.824. The average Bonchev–Trinajstić information content (AvgIpc) is 2.45. The van der Waals surface area contributed by atoms with Crippen molar-refractivity contribution in [3.63, 3.8) is 0 Å². The molecule has 0 saturated heterocycles. The molecule has 0 aromatic heterocycles. The lowest BCUT2D eigenvalue weighted by Crippen LogP contribution is -2.32. The molecule has 128 valence electrons. The summed E-state index contributed by atoms with van der Waals surface area (Å²) in [5.74, 6) is 1.45. The lowest BCUT2D eigenvalue weighted by Gasteiger charge is -2.19. The minimum atomic E-state index is -0.491. The number of benzene rings is 1. The molecule has 0 saturated carbocycles. The summed E-state index contributed by atoms with van der Waals surface area (Å²) in [6.07, 6.45) is 3.34. The highest BCUT2D eigenvalue weighted by molar-refractivity contribution is 5.68. The van der Waals surface area contributed by atoms with Gasteiger partial charge in [0.2, 0.25) is 0 Å². The second-order valence-electron chi connectivity index (χ2n) is 5.86. The summed E-state index contributed by atoms with van der Waals surface area (Å²) in [6, 6.07) is 5.74. The molecule has 1 aromatic rings. The molecular formula is C18H27NO4. The molecule has 5 heteroatoms. The first-order valence-electron chi connectivity index (χ1n) is 7.88. The van der Waals surface area contributed by atoms with E-state index in [1.807, 2.05) is 65.0 Å². The number of carbonyl (C=O) groups is 1. The van der Waals surface area contributed by atoms with Gasteiger partial charge in [-0.25, -0.2) is 4.79 Å². The monoisotopic (exact) mass is 321 g/mol. The Balaban J connectivity index is 2.59. The van der Waals surface area contributed by atoms with Gasteiger partial charge < -0.3 is 19.5 Å². The van der Waals surface area contributed by atoms with Crippen molar-refractivity contribution in [2.24, 2.45) is 0 Å². The summed E-state index contributed by atoms with van der Waals surface area (Å²) in [4.78, 5) is 11.5. The van der Waals surface area contributed by atoms with Crippen LogP contribution in [0.4, 0.5) is 4.79 Å². The van der Waals surface area contributed by atoms with E-state index < -0.39 is 11.7 Å². The van der Waals surface area contributed by atoms with Crippen molar-refractivity contribution in [2.45, 2.75) is 40.2 Å². The normalized spacial score (nSPS) is 11.3. The minimum Gasteiger partial charge on any atom is -0.490 e. The number of carbonyl (C=O) groups excluding carboxylic acids is 1. The van der Waals surface area contributed by atoms with Crippen LogP contribution < -0.4 is 14.8 Å². The van der Waals surface area contributed by atoms with Gasteiger partial charge >= 0.3 is 6.09 Å². The number of nitrogens with one attached hydrogen (secondary N) is 1. The van der Waals surface area contributed by atoms with Gasteiger partial charge in [0.25, 0.3) is 0 Å². The van der Waals surface area contributed by atoms with Gasteiger partial charge in [-0.05, 0) is 52.3 Å². The highest BCUT2D eigenvalue weighted by Crippen LogP contribution is 2.28. The third kappa shape index (κ3) is 7.58. The maximum absolute atomic E-state index is 11.5. The number of rotatable bonds is 7. The summed E-state index contributed by atoms with van der Waals surface area (Å²) in [5, 5.41) is 2.68. The maximum Gasteiger partial charge on any atom is 0.407 e. The van der Waals surface area contributed by atoms with Crippen LogP contribution in [0.3, 0.4) is 0 Å². The maximum atomic E-state index is 11.5. The molecule has 0 unspecified atom stereocenters. The zero-order valence-electron chi connectivity index (χ0n) is 14.6. The number of hydrogen-bond donors (Lipinski definition) is 1. The van der Waals surface area contributed by atoms with E-state index in [0.29, 0.717) is 19.8 Å². The van der Waals surface area contributed by atoms with Crippen molar-refractivity contribution in [3.8, 4) is 11.5 Å². The van der Waals surface area contributed by atoms with Crippen LogP contribution in [0.1, 0.15) is 40.2 Å². The van der Waals surface area contributed by atoms with E-state index in [-0.39, 0.29) is 0 Å². The van der Waals surface area contributed by atoms with E-state index in [4.69, 9.17) is 14.2 Å². The Kier molecular flexibility index (Phi) is 7.45. The van der Waals surface area contributed by atoms with Crippen molar-refractivity contribution >= 4 is 12.2 Å². The molecule has 0 spiro atoms. The fraction of sp³-hybridized carbons (Fsp3) is 0.500. The van der Waals surface area contributed by atoms with E-state index in [0.717, 1.165) is 17.1 Å². The Bertz CT molecular complexity index is 532. The zero-order valence-corrected chi connectivity index (χ0v) is 14.6. The third-order valence-electron chi connectivity index (χ3n) is 2.64. The Morgan fingerprint density at radius 1 is 1.13 bits per heavy atom. The molecule has 23 heavy (non-hydrogen) atoms. The molecule has 0 aliphatic carbocycles. The molecule has 0 bridgehead atoms. The standard InChI is InChI=1S/C18H27NO4/c1-6-21-15-11-10-14(13-16(15)22-7-2)9-8-12-19-17(20)23-18(3,4)5/h8-11,13H,6-7,12H2,1-5H3,(H,19,20). The number of alkyl carbamates (subject to hydrolysis) is 1. The largest absolute Gasteiger partial charge is 0.490 e. The number of amides is 1. The van der Waals surface area contributed by atoms with E-state index in [2.05, 4.69) is 5.32 Å². The van der Waals surface area contributed by atoms with Crippen LogP contribution >= 0.6 is 0 Å². The summed E-state index contributed by atoms with van der Waals surface area (Å²) >= 11 is 0. The van der Waals surface area contributed by atoms with Crippen molar-refractivity contribution in [1.82, 2.24) is 5.32 Å². The van der Waals surface area contributed by atoms with Crippen molar-refractivity contribution in [2.75, 3.05) is 19.8 Å². The molecule has 1 rings (SSSR count). The van der Waals surface area contributed by atoms with Gasteiger partial charge in [-0.15, -0.1) is 0 Å². The molecule has 1 N–H and O–H groups in total. The van der Waals surface area contributed by atoms with Crippen LogP contribution in [-0.2, 0) is 4.74 Å². The molecular weight excluding hydrogens is 294 g/mol. The van der Waals surface area contributed by atoms with E-state index >= 15 is 0 Å². The van der Waals surface area contributed by atoms with Gasteiger partial charge in [0.1, 0.15) is 5.60 Å². The molecule has 5 nitrogen and oxygen atoms in total. The molecule has 0 aliphatic rings. The topological polar surface area (TPSA) is 56.8 Å². The van der Waals surface area contributed by atoms with Gasteiger partial charge in [0.15, 0.2) is 11.5 Å². The second-order valence-corrected chi connectivity index (χ2v) is 5.86. The molecule has 0 aliphatic heterocycles. The summed E-state index contributed by atoms with van der Waals surface area (Å²) < 4.78 is 16.3.